The summed E-state index contributed by atoms with van der Waals surface area (Å²) in [5.74, 6) is 0. The third kappa shape index (κ3) is 7.24. The SMILES string of the molecule is CNC(CCCC1CCCO1)CCOCC(F)F. The van der Waals surface area contributed by atoms with Gasteiger partial charge in [0.05, 0.1) is 6.10 Å². The van der Waals surface area contributed by atoms with Crippen molar-refractivity contribution in [3.63, 3.8) is 0 Å². The first kappa shape index (κ1) is 15.8. The maximum Gasteiger partial charge on any atom is 0.261 e. The summed E-state index contributed by atoms with van der Waals surface area (Å²) in [7, 11) is 1.91. The molecule has 0 aromatic rings. The molecule has 0 aromatic heterocycles. The van der Waals surface area contributed by atoms with Crippen LogP contribution < -0.4 is 5.32 Å². The molecule has 1 heterocycles. The molecule has 1 aliphatic heterocycles. The topological polar surface area (TPSA) is 30.5 Å². The van der Waals surface area contributed by atoms with E-state index in [4.69, 9.17) is 9.47 Å². The Morgan fingerprint density at radius 1 is 1.39 bits per heavy atom. The van der Waals surface area contributed by atoms with Gasteiger partial charge in [0.1, 0.15) is 6.61 Å². The Labute approximate surface area is 108 Å². The van der Waals surface area contributed by atoms with Crippen LogP contribution in [0.1, 0.15) is 38.5 Å². The number of hydrogen-bond acceptors (Lipinski definition) is 3. The fourth-order valence-corrected chi connectivity index (χ4v) is 2.29. The molecule has 1 saturated heterocycles. The van der Waals surface area contributed by atoms with E-state index in [9.17, 15) is 8.78 Å². The second-order valence-electron chi connectivity index (χ2n) is 4.81. The lowest BCUT2D eigenvalue weighted by Gasteiger charge is -2.17. The second-order valence-corrected chi connectivity index (χ2v) is 4.81. The molecule has 0 aromatic carbocycles. The molecule has 2 atom stereocenters. The lowest BCUT2D eigenvalue weighted by atomic mass is 10.0. The average molecular weight is 265 g/mol. The van der Waals surface area contributed by atoms with Gasteiger partial charge in [0.2, 0.25) is 0 Å². The summed E-state index contributed by atoms with van der Waals surface area (Å²) in [5.41, 5.74) is 0. The predicted octanol–water partition coefficient (Wildman–Crippen LogP) is 2.60. The van der Waals surface area contributed by atoms with E-state index in [1.165, 1.54) is 12.8 Å². The quantitative estimate of drug-likeness (QED) is 0.616. The van der Waals surface area contributed by atoms with Crippen LogP contribution in [0.15, 0.2) is 0 Å². The Morgan fingerprint density at radius 3 is 2.83 bits per heavy atom. The first-order valence-electron chi connectivity index (χ1n) is 6.87. The van der Waals surface area contributed by atoms with Crippen LogP contribution in [0.4, 0.5) is 8.78 Å². The van der Waals surface area contributed by atoms with Gasteiger partial charge in [-0.3, -0.25) is 0 Å². The first-order chi connectivity index (χ1) is 8.72. The Hall–Kier alpha value is -0.260. The Balaban J connectivity index is 1.98. The Bertz CT molecular complexity index is 199. The van der Waals surface area contributed by atoms with E-state index >= 15 is 0 Å². The maximum atomic E-state index is 11.9. The summed E-state index contributed by atoms with van der Waals surface area (Å²) in [6.07, 6.45) is 4.50. The van der Waals surface area contributed by atoms with E-state index in [0.29, 0.717) is 18.8 Å². The van der Waals surface area contributed by atoms with Crippen LogP contribution >= 0.6 is 0 Å². The Morgan fingerprint density at radius 2 is 2.22 bits per heavy atom. The van der Waals surface area contributed by atoms with Gasteiger partial charge in [0, 0.05) is 19.3 Å². The summed E-state index contributed by atoms with van der Waals surface area (Å²) >= 11 is 0. The van der Waals surface area contributed by atoms with Gasteiger partial charge in [-0.15, -0.1) is 0 Å². The van der Waals surface area contributed by atoms with Gasteiger partial charge >= 0.3 is 0 Å². The highest BCUT2D eigenvalue weighted by Gasteiger charge is 2.15. The molecule has 3 nitrogen and oxygen atoms in total. The van der Waals surface area contributed by atoms with Crippen LogP contribution in [0, 0.1) is 0 Å². The third-order valence-corrected chi connectivity index (χ3v) is 3.37. The molecule has 0 bridgehead atoms. The van der Waals surface area contributed by atoms with Crippen LogP contribution in [0.5, 0.6) is 0 Å². The summed E-state index contributed by atoms with van der Waals surface area (Å²) < 4.78 is 34.2. The van der Waals surface area contributed by atoms with Gasteiger partial charge in [-0.25, -0.2) is 8.78 Å². The molecule has 0 spiro atoms. The van der Waals surface area contributed by atoms with Gasteiger partial charge < -0.3 is 14.8 Å². The summed E-state index contributed by atoms with van der Waals surface area (Å²) in [4.78, 5) is 0. The largest absolute Gasteiger partial charge is 0.378 e. The minimum absolute atomic E-state index is 0.351. The monoisotopic (exact) mass is 265 g/mol. The lowest BCUT2D eigenvalue weighted by Crippen LogP contribution is -2.27. The van der Waals surface area contributed by atoms with E-state index in [1.807, 2.05) is 7.05 Å². The minimum atomic E-state index is -2.36. The first-order valence-corrected chi connectivity index (χ1v) is 6.87. The van der Waals surface area contributed by atoms with Crippen LogP contribution in [-0.4, -0.2) is 45.4 Å². The minimum Gasteiger partial charge on any atom is -0.378 e. The van der Waals surface area contributed by atoms with Crippen molar-refractivity contribution in [1.29, 1.82) is 0 Å². The summed E-state index contributed by atoms with van der Waals surface area (Å²) in [5, 5.41) is 3.21. The molecule has 1 rings (SSSR count). The standard InChI is InChI=1S/C13H25F2NO2/c1-16-11(7-9-17-10-13(14)15)4-2-5-12-6-3-8-18-12/h11-13,16H,2-10H2,1H3. The van der Waals surface area contributed by atoms with E-state index in [2.05, 4.69) is 5.32 Å². The van der Waals surface area contributed by atoms with E-state index in [0.717, 1.165) is 32.3 Å². The molecular formula is C13H25F2NO2. The van der Waals surface area contributed by atoms with Crippen molar-refractivity contribution in [3.8, 4) is 0 Å². The molecule has 1 aliphatic rings. The van der Waals surface area contributed by atoms with Gasteiger partial charge in [0.15, 0.2) is 0 Å². The molecular weight excluding hydrogens is 240 g/mol. The second kappa shape index (κ2) is 9.64. The van der Waals surface area contributed by atoms with Crippen molar-refractivity contribution in [1.82, 2.24) is 5.32 Å². The van der Waals surface area contributed by atoms with E-state index < -0.39 is 13.0 Å². The van der Waals surface area contributed by atoms with Gasteiger partial charge in [-0.1, -0.05) is 0 Å². The molecule has 5 heteroatoms. The number of alkyl halides is 2. The molecule has 0 saturated carbocycles. The van der Waals surface area contributed by atoms with Crippen LogP contribution in [0.25, 0.3) is 0 Å². The molecule has 1 N–H and O–H groups in total. The third-order valence-electron chi connectivity index (χ3n) is 3.37. The fraction of sp³-hybridized carbons (Fsp3) is 1.00. The van der Waals surface area contributed by atoms with Crippen molar-refractivity contribution in [2.24, 2.45) is 0 Å². The lowest BCUT2D eigenvalue weighted by molar-refractivity contribution is 0.0142. The van der Waals surface area contributed by atoms with E-state index in [-0.39, 0.29) is 0 Å². The van der Waals surface area contributed by atoms with E-state index in [1.54, 1.807) is 0 Å². The van der Waals surface area contributed by atoms with Crippen molar-refractivity contribution < 1.29 is 18.3 Å². The van der Waals surface area contributed by atoms with Gasteiger partial charge in [-0.2, -0.15) is 0 Å². The van der Waals surface area contributed by atoms with Crippen LogP contribution in [0.2, 0.25) is 0 Å². The maximum absolute atomic E-state index is 11.9. The van der Waals surface area contributed by atoms with Gasteiger partial charge in [0.25, 0.3) is 6.43 Å². The van der Waals surface area contributed by atoms with Crippen molar-refractivity contribution in [2.45, 2.75) is 57.1 Å². The average Bonchev–Trinajstić information content (AvgIpc) is 2.85. The molecule has 18 heavy (non-hydrogen) atoms. The number of ether oxygens (including phenoxy) is 2. The summed E-state index contributed by atoms with van der Waals surface area (Å²) in [6.45, 7) is 0.851. The summed E-state index contributed by atoms with van der Waals surface area (Å²) in [6, 6.07) is 0.351. The van der Waals surface area contributed by atoms with Crippen molar-refractivity contribution in [3.05, 3.63) is 0 Å². The predicted molar refractivity (Wildman–Crippen MR) is 67.1 cm³/mol. The molecule has 108 valence electrons. The normalized spacial score (nSPS) is 21.7. The number of nitrogens with one attached hydrogen (secondary N) is 1. The van der Waals surface area contributed by atoms with Crippen molar-refractivity contribution in [2.75, 3.05) is 26.9 Å². The molecule has 1 fully saturated rings. The van der Waals surface area contributed by atoms with Gasteiger partial charge in [-0.05, 0) is 45.6 Å². The number of hydrogen-bond donors (Lipinski definition) is 1. The zero-order chi connectivity index (χ0) is 13.2. The molecule has 0 radical (unpaired) electrons. The zero-order valence-corrected chi connectivity index (χ0v) is 11.2. The van der Waals surface area contributed by atoms with Crippen LogP contribution in [-0.2, 0) is 9.47 Å². The fourth-order valence-electron chi connectivity index (χ4n) is 2.29. The highest BCUT2D eigenvalue weighted by Crippen LogP contribution is 2.18. The molecule has 0 aliphatic carbocycles. The molecule has 0 amide bonds. The highest BCUT2D eigenvalue weighted by atomic mass is 19.3. The number of rotatable bonds is 10. The van der Waals surface area contributed by atoms with Crippen molar-refractivity contribution >= 4 is 0 Å². The highest BCUT2D eigenvalue weighted by molar-refractivity contribution is 4.69. The van der Waals surface area contributed by atoms with Crippen LogP contribution in [0.3, 0.4) is 0 Å². The Kier molecular flexibility index (Phi) is 8.46. The molecule has 2 unspecified atom stereocenters. The smallest absolute Gasteiger partial charge is 0.261 e. The number of halogens is 2. The zero-order valence-electron chi connectivity index (χ0n) is 11.2.